The van der Waals surface area contributed by atoms with Crippen LogP contribution < -0.4 is 5.32 Å². The molecule has 10 rings (SSSR count). The van der Waals surface area contributed by atoms with Gasteiger partial charge in [-0.3, -0.25) is 0 Å². The topological polar surface area (TPSA) is 49.9 Å². The average molecular weight is 660 g/mol. The van der Waals surface area contributed by atoms with Crippen LogP contribution in [0.3, 0.4) is 0 Å². The molecule has 1 atom stereocenters. The minimum atomic E-state index is -0.334. The summed E-state index contributed by atoms with van der Waals surface area (Å²) in [7, 11) is 0. The summed E-state index contributed by atoms with van der Waals surface area (Å²) < 4.78 is 8.99. The van der Waals surface area contributed by atoms with Gasteiger partial charge in [-0.2, -0.15) is 0 Å². The summed E-state index contributed by atoms with van der Waals surface area (Å²) in [6.07, 6.45) is -0.334. The van der Waals surface area contributed by atoms with Crippen molar-refractivity contribution in [2.45, 2.75) is 6.17 Å². The monoisotopic (exact) mass is 659 g/mol. The van der Waals surface area contributed by atoms with Crippen LogP contribution in [0.2, 0.25) is 0 Å². The summed E-state index contributed by atoms with van der Waals surface area (Å²) in [4.78, 5) is 10.7. The van der Waals surface area contributed by atoms with Crippen LogP contribution in [0.4, 0.5) is 0 Å². The smallest absolute Gasteiger partial charge is 0.160 e. The minimum Gasteiger partial charge on any atom is -0.456 e. The molecule has 1 unspecified atom stereocenters. The van der Waals surface area contributed by atoms with Crippen LogP contribution >= 0.6 is 11.3 Å². The SMILES string of the molecule is c1ccc(-c2ccc(C3=NC(c4c(-c5ccc6c(c5)sc5ccccc56)ccc5oc6ccccc6c45)=NC(c4ccccc4)N3)cc2)cc1. The Morgan fingerprint density at radius 2 is 1.18 bits per heavy atom. The maximum Gasteiger partial charge on any atom is 0.160 e. The zero-order valence-electron chi connectivity index (χ0n) is 26.9. The van der Waals surface area contributed by atoms with Crippen molar-refractivity contribution in [2.75, 3.05) is 0 Å². The Balaban J connectivity index is 1.20. The molecule has 2 aromatic heterocycles. The van der Waals surface area contributed by atoms with Crippen molar-refractivity contribution in [1.82, 2.24) is 5.32 Å². The first-order chi connectivity index (χ1) is 24.8. The Hall–Kier alpha value is -6.30. The van der Waals surface area contributed by atoms with Crippen molar-refractivity contribution in [1.29, 1.82) is 0 Å². The summed E-state index contributed by atoms with van der Waals surface area (Å²) >= 11 is 1.83. The largest absolute Gasteiger partial charge is 0.456 e. The standard InChI is InChI=1S/C45H29N3OS/c1-3-11-28(12-4-1)29-19-21-31(22-20-29)44-46-43(30-13-5-2-6-14-30)47-45(48-44)42-33(25-26-38-41(42)36-16-7-9-17-37(36)49-38)32-23-24-35-34-15-8-10-18-39(34)50-40(35)27-32/h1-27,43H,(H,46,47,48). The van der Waals surface area contributed by atoms with Crippen molar-refractivity contribution in [3.05, 3.63) is 180 Å². The highest BCUT2D eigenvalue weighted by atomic mass is 32.1. The zero-order chi connectivity index (χ0) is 33.0. The summed E-state index contributed by atoms with van der Waals surface area (Å²) in [5.41, 5.74) is 9.21. The van der Waals surface area contributed by atoms with Crippen molar-refractivity contribution in [3.8, 4) is 22.3 Å². The fraction of sp³-hybridized carbons (Fsp3) is 0.0222. The number of aliphatic imine (C=N–C) groups is 2. The van der Waals surface area contributed by atoms with Gasteiger partial charge >= 0.3 is 0 Å². The molecule has 1 aliphatic heterocycles. The minimum absolute atomic E-state index is 0.334. The molecule has 236 valence electrons. The van der Waals surface area contributed by atoms with Crippen LogP contribution in [0.15, 0.2) is 178 Å². The van der Waals surface area contributed by atoms with Crippen LogP contribution in [0.5, 0.6) is 0 Å². The first-order valence-electron chi connectivity index (χ1n) is 16.8. The molecule has 4 nitrogen and oxygen atoms in total. The zero-order valence-corrected chi connectivity index (χ0v) is 27.7. The fourth-order valence-corrected chi connectivity index (χ4v) is 8.29. The Bertz CT molecular complexity index is 2780. The number of nitrogens with one attached hydrogen (secondary N) is 1. The summed E-state index contributed by atoms with van der Waals surface area (Å²) in [5, 5.41) is 8.29. The van der Waals surface area contributed by atoms with E-state index in [1.165, 1.54) is 25.7 Å². The highest BCUT2D eigenvalue weighted by Gasteiger charge is 2.26. The van der Waals surface area contributed by atoms with E-state index in [0.29, 0.717) is 5.84 Å². The first kappa shape index (κ1) is 28.7. The van der Waals surface area contributed by atoms with Gasteiger partial charge in [-0.05, 0) is 58.1 Å². The van der Waals surface area contributed by atoms with Gasteiger partial charge in [0.1, 0.15) is 23.2 Å². The molecule has 0 radical (unpaired) electrons. The molecule has 1 N–H and O–H groups in total. The molecule has 9 aromatic rings. The molecule has 0 fully saturated rings. The lowest BCUT2D eigenvalue weighted by Gasteiger charge is -2.25. The lowest BCUT2D eigenvalue weighted by molar-refractivity contribution is 0.668. The molecule has 5 heteroatoms. The van der Waals surface area contributed by atoms with Gasteiger partial charge in [-0.15, -0.1) is 11.3 Å². The van der Waals surface area contributed by atoms with Gasteiger partial charge in [0.05, 0.1) is 0 Å². The van der Waals surface area contributed by atoms with Crippen LogP contribution in [0, 0.1) is 0 Å². The molecule has 0 aliphatic carbocycles. The lowest BCUT2D eigenvalue weighted by Crippen LogP contribution is -2.33. The summed E-state index contributed by atoms with van der Waals surface area (Å²) in [6.45, 7) is 0. The number of amidine groups is 2. The van der Waals surface area contributed by atoms with Crippen LogP contribution in [0.1, 0.15) is 22.9 Å². The van der Waals surface area contributed by atoms with Gasteiger partial charge in [-0.25, -0.2) is 9.98 Å². The number of benzene rings is 7. The number of rotatable bonds is 5. The van der Waals surface area contributed by atoms with Gasteiger partial charge in [-0.1, -0.05) is 133 Å². The van der Waals surface area contributed by atoms with E-state index in [2.05, 4.69) is 145 Å². The van der Waals surface area contributed by atoms with Gasteiger partial charge in [0.15, 0.2) is 5.84 Å². The molecule has 3 heterocycles. The van der Waals surface area contributed by atoms with Gasteiger partial charge < -0.3 is 9.73 Å². The number of para-hydroxylation sites is 1. The lowest BCUT2D eigenvalue weighted by atomic mass is 9.93. The first-order valence-corrected chi connectivity index (χ1v) is 17.6. The molecule has 0 saturated carbocycles. The van der Waals surface area contributed by atoms with E-state index in [9.17, 15) is 0 Å². The molecule has 0 spiro atoms. The number of thiophene rings is 1. The third kappa shape index (κ3) is 4.82. The van der Waals surface area contributed by atoms with Gasteiger partial charge in [0, 0.05) is 42.1 Å². The van der Waals surface area contributed by atoms with Crippen molar-refractivity contribution >= 4 is 65.1 Å². The van der Waals surface area contributed by atoms with Gasteiger partial charge in [0.2, 0.25) is 0 Å². The van der Waals surface area contributed by atoms with Crippen LogP contribution in [-0.2, 0) is 0 Å². The van der Waals surface area contributed by atoms with Crippen LogP contribution in [-0.4, -0.2) is 11.7 Å². The predicted molar refractivity (Wildman–Crippen MR) is 209 cm³/mol. The number of hydrogen-bond acceptors (Lipinski definition) is 5. The van der Waals surface area contributed by atoms with Crippen LogP contribution in [0.25, 0.3) is 64.4 Å². The van der Waals surface area contributed by atoms with Crippen molar-refractivity contribution in [3.63, 3.8) is 0 Å². The Kier molecular flexibility index (Phi) is 6.71. The number of fused-ring (bicyclic) bond motifs is 6. The van der Waals surface area contributed by atoms with E-state index in [4.69, 9.17) is 14.4 Å². The van der Waals surface area contributed by atoms with E-state index < -0.39 is 0 Å². The highest BCUT2D eigenvalue weighted by molar-refractivity contribution is 7.25. The Morgan fingerprint density at radius 3 is 2.02 bits per heavy atom. The summed E-state index contributed by atoms with van der Waals surface area (Å²) in [6, 6.07) is 57.4. The molecule has 0 bridgehead atoms. The normalized spacial score (nSPS) is 14.6. The third-order valence-electron chi connectivity index (χ3n) is 9.58. The summed E-state index contributed by atoms with van der Waals surface area (Å²) in [5.74, 6) is 1.45. The molecule has 0 amide bonds. The Morgan fingerprint density at radius 1 is 0.520 bits per heavy atom. The quantitative estimate of drug-likeness (QED) is 0.200. The van der Waals surface area contributed by atoms with Crippen molar-refractivity contribution in [2.24, 2.45) is 9.98 Å². The maximum atomic E-state index is 6.45. The van der Waals surface area contributed by atoms with Gasteiger partial charge in [0.25, 0.3) is 0 Å². The van der Waals surface area contributed by atoms with E-state index in [-0.39, 0.29) is 6.17 Å². The molecule has 0 saturated heterocycles. The van der Waals surface area contributed by atoms with Crippen molar-refractivity contribution < 1.29 is 4.42 Å². The number of hydrogen-bond donors (Lipinski definition) is 1. The van der Waals surface area contributed by atoms with E-state index in [1.807, 2.05) is 35.6 Å². The second-order valence-electron chi connectivity index (χ2n) is 12.6. The van der Waals surface area contributed by atoms with E-state index >= 15 is 0 Å². The fourth-order valence-electron chi connectivity index (χ4n) is 7.15. The molecule has 7 aromatic carbocycles. The highest BCUT2D eigenvalue weighted by Crippen LogP contribution is 2.41. The second kappa shape index (κ2) is 11.7. The Labute approximate surface area is 292 Å². The van der Waals surface area contributed by atoms with E-state index in [0.717, 1.165) is 61.2 Å². The second-order valence-corrected chi connectivity index (χ2v) is 13.7. The molecular weight excluding hydrogens is 631 g/mol. The third-order valence-corrected chi connectivity index (χ3v) is 10.7. The average Bonchev–Trinajstić information content (AvgIpc) is 3.76. The number of nitrogens with zero attached hydrogens (tertiary/aromatic N) is 2. The molecule has 1 aliphatic rings. The molecular formula is C45H29N3OS. The molecule has 50 heavy (non-hydrogen) atoms. The number of furan rings is 1. The van der Waals surface area contributed by atoms with E-state index in [1.54, 1.807) is 0 Å². The maximum absolute atomic E-state index is 6.45. The predicted octanol–water partition coefficient (Wildman–Crippen LogP) is 11.8.